The summed E-state index contributed by atoms with van der Waals surface area (Å²) >= 11 is 0. The predicted molar refractivity (Wildman–Crippen MR) is 80.4 cm³/mol. The van der Waals surface area contributed by atoms with Crippen molar-refractivity contribution in [1.29, 1.82) is 0 Å². The molecule has 0 bridgehead atoms. The standard InChI is InChI=1S/C16H17N3O3/c1-11-7-14(19-10-18-11)15(20)17-9-13(16(21)22)8-12-5-3-2-4-6-12/h2-7,10,13H,8-9H2,1H3,(H,17,20)(H,21,22). The van der Waals surface area contributed by atoms with E-state index in [-0.39, 0.29) is 12.2 Å². The molecule has 1 unspecified atom stereocenters. The monoisotopic (exact) mass is 299 g/mol. The Kier molecular flexibility index (Phi) is 5.19. The van der Waals surface area contributed by atoms with E-state index in [0.29, 0.717) is 12.1 Å². The number of carboxylic acids is 1. The van der Waals surface area contributed by atoms with Crippen LogP contribution < -0.4 is 5.32 Å². The average Bonchev–Trinajstić information content (AvgIpc) is 2.51. The molecule has 2 N–H and O–H groups in total. The maximum atomic E-state index is 12.0. The van der Waals surface area contributed by atoms with Crippen LogP contribution in [-0.4, -0.2) is 33.5 Å². The summed E-state index contributed by atoms with van der Waals surface area (Å²) in [5, 5.41) is 11.9. The highest BCUT2D eigenvalue weighted by atomic mass is 16.4. The number of carbonyl (C=O) groups is 2. The second-order valence-corrected chi connectivity index (χ2v) is 4.98. The van der Waals surface area contributed by atoms with Gasteiger partial charge in [0.15, 0.2) is 0 Å². The fourth-order valence-corrected chi connectivity index (χ4v) is 2.03. The summed E-state index contributed by atoms with van der Waals surface area (Å²) in [5.74, 6) is -2.03. The molecule has 2 rings (SSSR count). The summed E-state index contributed by atoms with van der Waals surface area (Å²) in [6.45, 7) is 1.81. The van der Waals surface area contributed by atoms with Gasteiger partial charge in [-0.3, -0.25) is 9.59 Å². The van der Waals surface area contributed by atoms with E-state index in [1.807, 2.05) is 30.3 Å². The molecule has 0 aliphatic rings. The predicted octanol–water partition coefficient (Wildman–Crippen LogP) is 1.46. The molecule has 1 amide bonds. The van der Waals surface area contributed by atoms with Gasteiger partial charge in [-0.15, -0.1) is 0 Å². The molecule has 114 valence electrons. The summed E-state index contributed by atoms with van der Waals surface area (Å²) in [7, 11) is 0. The molecule has 1 heterocycles. The largest absolute Gasteiger partial charge is 0.481 e. The van der Waals surface area contributed by atoms with Crippen LogP contribution in [0.5, 0.6) is 0 Å². The highest BCUT2D eigenvalue weighted by molar-refractivity contribution is 5.92. The molecule has 0 saturated heterocycles. The Morgan fingerprint density at radius 3 is 2.59 bits per heavy atom. The van der Waals surface area contributed by atoms with Crippen molar-refractivity contribution in [2.75, 3.05) is 6.54 Å². The van der Waals surface area contributed by atoms with E-state index in [9.17, 15) is 14.7 Å². The first-order chi connectivity index (χ1) is 10.6. The number of aromatic nitrogens is 2. The van der Waals surface area contributed by atoms with Gasteiger partial charge >= 0.3 is 5.97 Å². The smallest absolute Gasteiger partial charge is 0.308 e. The maximum absolute atomic E-state index is 12.0. The number of aliphatic carboxylic acids is 1. The maximum Gasteiger partial charge on any atom is 0.308 e. The van der Waals surface area contributed by atoms with Crippen molar-refractivity contribution in [2.24, 2.45) is 5.92 Å². The second-order valence-electron chi connectivity index (χ2n) is 4.98. The van der Waals surface area contributed by atoms with Gasteiger partial charge in [0.2, 0.25) is 0 Å². The highest BCUT2D eigenvalue weighted by Gasteiger charge is 2.19. The zero-order valence-electron chi connectivity index (χ0n) is 12.2. The van der Waals surface area contributed by atoms with Crippen LogP contribution in [-0.2, 0) is 11.2 Å². The van der Waals surface area contributed by atoms with Crippen LogP contribution in [0.25, 0.3) is 0 Å². The van der Waals surface area contributed by atoms with Crippen LogP contribution in [0, 0.1) is 12.8 Å². The van der Waals surface area contributed by atoms with E-state index in [1.165, 1.54) is 6.33 Å². The Balaban J connectivity index is 1.97. The summed E-state index contributed by atoms with van der Waals surface area (Å²) in [5.41, 5.74) is 1.83. The van der Waals surface area contributed by atoms with Crippen molar-refractivity contribution in [3.8, 4) is 0 Å². The quantitative estimate of drug-likeness (QED) is 0.842. The van der Waals surface area contributed by atoms with Gasteiger partial charge in [0.05, 0.1) is 5.92 Å². The van der Waals surface area contributed by atoms with Gasteiger partial charge in [0.25, 0.3) is 5.91 Å². The Morgan fingerprint density at radius 1 is 1.23 bits per heavy atom. The number of carboxylic acid groups (broad SMARTS) is 1. The molecule has 1 aromatic carbocycles. The molecule has 0 aliphatic carbocycles. The third kappa shape index (κ3) is 4.37. The number of aryl methyl sites for hydroxylation is 1. The molecule has 0 spiro atoms. The van der Waals surface area contributed by atoms with Gasteiger partial charge in [0, 0.05) is 12.2 Å². The van der Waals surface area contributed by atoms with E-state index in [4.69, 9.17) is 0 Å². The Labute approximate surface area is 128 Å². The van der Waals surface area contributed by atoms with Crippen LogP contribution in [0.4, 0.5) is 0 Å². The summed E-state index contributed by atoms with van der Waals surface area (Å²) in [6.07, 6.45) is 1.67. The van der Waals surface area contributed by atoms with E-state index >= 15 is 0 Å². The van der Waals surface area contributed by atoms with Crippen molar-refractivity contribution in [3.63, 3.8) is 0 Å². The molecule has 0 radical (unpaired) electrons. The lowest BCUT2D eigenvalue weighted by Crippen LogP contribution is -2.34. The molecule has 0 fully saturated rings. The lowest BCUT2D eigenvalue weighted by Gasteiger charge is -2.13. The molecule has 1 atom stereocenters. The SMILES string of the molecule is Cc1cc(C(=O)NCC(Cc2ccccc2)C(=O)O)ncn1. The number of rotatable bonds is 6. The van der Waals surface area contributed by atoms with Crippen LogP contribution in [0.2, 0.25) is 0 Å². The molecular weight excluding hydrogens is 282 g/mol. The first kappa shape index (κ1) is 15.6. The van der Waals surface area contributed by atoms with Crippen LogP contribution in [0.3, 0.4) is 0 Å². The molecule has 0 aliphatic heterocycles. The average molecular weight is 299 g/mol. The molecule has 6 heteroatoms. The second kappa shape index (κ2) is 7.31. The van der Waals surface area contributed by atoms with Crippen LogP contribution in [0.15, 0.2) is 42.7 Å². The zero-order valence-corrected chi connectivity index (χ0v) is 12.2. The fourth-order valence-electron chi connectivity index (χ4n) is 2.03. The number of carbonyl (C=O) groups excluding carboxylic acids is 1. The lowest BCUT2D eigenvalue weighted by molar-refractivity contribution is -0.141. The minimum absolute atomic E-state index is 0.0477. The summed E-state index contributed by atoms with van der Waals surface area (Å²) in [6, 6.07) is 10.9. The Bertz CT molecular complexity index is 659. The number of hydrogen-bond acceptors (Lipinski definition) is 4. The molecule has 22 heavy (non-hydrogen) atoms. The number of amides is 1. The minimum Gasteiger partial charge on any atom is -0.481 e. The number of hydrogen-bond donors (Lipinski definition) is 2. The zero-order chi connectivity index (χ0) is 15.9. The van der Waals surface area contributed by atoms with Crippen molar-refractivity contribution in [3.05, 3.63) is 59.7 Å². The van der Waals surface area contributed by atoms with E-state index in [2.05, 4.69) is 15.3 Å². The summed E-state index contributed by atoms with van der Waals surface area (Å²) < 4.78 is 0. The summed E-state index contributed by atoms with van der Waals surface area (Å²) in [4.78, 5) is 31.1. The van der Waals surface area contributed by atoms with Gasteiger partial charge in [-0.1, -0.05) is 30.3 Å². The van der Waals surface area contributed by atoms with Gasteiger partial charge in [-0.25, -0.2) is 9.97 Å². The van der Waals surface area contributed by atoms with Crippen molar-refractivity contribution >= 4 is 11.9 Å². The lowest BCUT2D eigenvalue weighted by atomic mass is 9.99. The van der Waals surface area contributed by atoms with Crippen molar-refractivity contribution in [1.82, 2.24) is 15.3 Å². The molecular formula is C16H17N3O3. The fraction of sp³-hybridized carbons (Fsp3) is 0.250. The number of benzene rings is 1. The Morgan fingerprint density at radius 2 is 1.95 bits per heavy atom. The highest BCUT2D eigenvalue weighted by Crippen LogP contribution is 2.09. The minimum atomic E-state index is -0.942. The van der Waals surface area contributed by atoms with Crippen LogP contribution in [0.1, 0.15) is 21.7 Å². The topological polar surface area (TPSA) is 92.2 Å². The van der Waals surface area contributed by atoms with Crippen molar-refractivity contribution < 1.29 is 14.7 Å². The van der Waals surface area contributed by atoms with E-state index in [1.54, 1.807) is 13.0 Å². The van der Waals surface area contributed by atoms with Gasteiger partial charge in [-0.05, 0) is 25.0 Å². The first-order valence-corrected chi connectivity index (χ1v) is 6.90. The Hall–Kier alpha value is -2.76. The molecule has 0 saturated carbocycles. The third-order valence-electron chi connectivity index (χ3n) is 3.22. The van der Waals surface area contributed by atoms with Gasteiger partial charge in [-0.2, -0.15) is 0 Å². The van der Waals surface area contributed by atoms with Gasteiger partial charge < -0.3 is 10.4 Å². The molecule has 1 aromatic heterocycles. The third-order valence-corrected chi connectivity index (χ3v) is 3.22. The van der Waals surface area contributed by atoms with Gasteiger partial charge in [0.1, 0.15) is 12.0 Å². The van der Waals surface area contributed by atoms with Crippen LogP contribution >= 0.6 is 0 Å². The van der Waals surface area contributed by atoms with E-state index in [0.717, 1.165) is 5.56 Å². The van der Waals surface area contributed by atoms with E-state index < -0.39 is 17.8 Å². The first-order valence-electron chi connectivity index (χ1n) is 6.90. The molecule has 2 aromatic rings. The molecule has 6 nitrogen and oxygen atoms in total. The number of nitrogens with zero attached hydrogens (tertiary/aromatic N) is 2. The van der Waals surface area contributed by atoms with Crippen molar-refractivity contribution in [2.45, 2.75) is 13.3 Å². The normalized spacial score (nSPS) is 11.7. The number of nitrogens with one attached hydrogen (secondary N) is 1.